The molecule has 0 aliphatic carbocycles. The summed E-state index contributed by atoms with van der Waals surface area (Å²) in [7, 11) is 0. The smallest absolute Gasteiger partial charge is 0.424 e. The third kappa shape index (κ3) is 9.00. The Kier molecular flexibility index (Phi) is 11.2. The minimum absolute atomic E-state index is 0.173. The second kappa shape index (κ2) is 14.7. The van der Waals surface area contributed by atoms with Crippen molar-refractivity contribution in [3.05, 3.63) is 118 Å². The lowest BCUT2D eigenvalue weighted by molar-refractivity contribution is -0.276. The molecule has 47 heavy (non-hydrogen) atoms. The first-order valence-electron chi connectivity index (χ1n) is 14.1. The summed E-state index contributed by atoms with van der Waals surface area (Å²) in [4.78, 5) is 0. The van der Waals surface area contributed by atoms with Crippen LogP contribution in [-0.4, -0.2) is 6.36 Å². The molecule has 0 radical (unpaired) electrons. The molecule has 4 rings (SSSR count). The van der Waals surface area contributed by atoms with Crippen LogP contribution < -0.4 is 9.47 Å². The van der Waals surface area contributed by atoms with Gasteiger partial charge in [0, 0.05) is 0 Å². The number of unbranched alkanes of at least 4 members (excludes halogenated alkanes) is 2. The highest BCUT2D eigenvalue weighted by Gasteiger charge is 2.40. The van der Waals surface area contributed by atoms with Crippen molar-refractivity contribution >= 4 is 11.6 Å². The van der Waals surface area contributed by atoms with E-state index in [2.05, 4.69) is 28.5 Å². The zero-order valence-corrected chi connectivity index (χ0v) is 25.2. The lowest BCUT2D eigenvalue weighted by Crippen LogP contribution is -2.24. The molecule has 0 amide bonds. The van der Waals surface area contributed by atoms with Crippen molar-refractivity contribution in [2.24, 2.45) is 0 Å². The molecule has 0 N–H and O–H groups in total. The SMILES string of the molecule is CCCCC=CCCc1ccc(-c2cc(F)c(-c3cc(F)c(OC(F)(F)c4cc(F)c(OC(F)(F)F)c(F)c4)c(Cl)c3)c(F)c2)cc1. The fourth-order valence-corrected chi connectivity index (χ4v) is 4.86. The maximum atomic E-state index is 15.2. The van der Waals surface area contributed by atoms with Gasteiger partial charge in [0.15, 0.2) is 23.2 Å². The van der Waals surface area contributed by atoms with E-state index in [1.807, 2.05) is 12.1 Å². The topological polar surface area (TPSA) is 18.5 Å². The van der Waals surface area contributed by atoms with Gasteiger partial charge in [-0.25, -0.2) is 22.0 Å². The number of halogens is 11. The molecule has 0 spiro atoms. The first-order valence-corrected chi connectivity index (χ1v) is 14.5. The van der Waals surface area contributed by atoms with Crippen molar-refractivity contribution in [1.82, 2.24) is 0 Å². The molecule has 0 bridgehead atoms. The van der Waals surface area contributed by atoms with Gasteiger partial charge >= 0.3 is 12.5 Å². The van der Waals surface area contributed by atoms with Crippen molar-refractivity contribution in [2.45, 2.75) is 51.5 Å². The van der Waals surface area contributed by atoms with Gasteiger partial charge in [0.05, 0.1) is 16.1 Å². The van der Waals surface area contributed by atoms with Crippen molar-refractivity contribution in [2.75, 3.05) is 0 Å². The molecule has 0 fully saturated rings. The molecule has 250 valence electrons. The monoisotopic (exact) mass is 690 g/mol. The summed E-state index contributed by atoms with van der Waals surface area (Å²) in [6.45, 7) is 2.12. The van der Waals surface area contributed by atoms with Crippen LogP contribution in [0.25, 0.3) is 22.3 Å². The van der Waals surface area contributed by atoms with Gasteiger partial charge < -0.3 is 9.47 Å². The van der Waals surface area contributed by atoms with E-state index in [4.69, 9.17) is 11.6 Å². The normalized spacial score (nSPS) is 12.2. The highest BCUT2D eigenvalue weighted by molar-refractivity contribution is 6.32. The summed E-state index contributed by atoms with van der Waals surface area (Å²) in [5.41, 5.74) is -1.18. The van der Waals surface area contributed by atoms with Crippen LogP contribution in [0, 0.1) is 29.1 Å². The Bertz CT molecular complexity index is 1680. The van der Waals surface area contributed by atoms with Crippen LogP contribution in [-0.2, 0) is 12.5 Å². The fraction of sp³-hybridized carbons (Fsp3) is 0.235. The second-order valence-corrected chi connectivity index (χ2v) is 10.8. The number of aryl methyl sites for hydroxylation is 1. The first-order chi connectivity index (χ1) is 22.1. The lowest BCUT2D eigenvalue weighted by atomic mass is 9.97. The van der Waals surface area contributed by atoms with E-state index in [1.165, 1.54) is 0 Å². The summed E-state index contributed by atoms with van der Waals surface area (Å²) in [6, 6.07) is 9.81. The highest BCUT2D eigenvalue weighted by Crippen LogP contribution is 2.42. The van der Waals surface area contributed by atoms with Crippen LogP contribution in [0.5, 0.6) is 11.5 Å². The van der Waals surface area contributed by atoms with E-state index in [1.54, 1.807) is 12.1 Å². The van der Waals surface area contributed by atoms with Gasteiger partial charge in [-0.05, 0) is 77.9 Å². The Hall–Kier alpha value is -4.19. The van der Waals surface area contributed by atoms with Crippen LogP contribution in [0.1, 0.15) is 43.7 Å². The van der Waals surface area contributed by atoms with Gasteiger partial charge in [0.1, 0.15) is 11.6 Å². The Morgan fingerprint density at radius 1 is 0.638 bits per heavy atom. The van der Waals surface area contributed by atoms with E-state index < -0.39 is 74.8 Å². The number of hydrogen-bond donors (Lipinski definition) is 0. The van der Waals surface area contributed by atoms with Crippen LogP contribution >= 0.6 is 11.6 Å². The molecule has 0 unspecified atom stereocenters. The predicted molar refractivity (Wildman–Crippen MR) is 157 cm³/mol. The van der Waals surface area contributed by atoms with Crippen LogP contribution in [0.4, 0.5) is 43.9 Å². The molecular formula is C34H25ClF10O2. The Morgan fingerprint density at radius 3 is 1.74 bits per heavy atom. The standard InChI is InChI=1S/C34H25ClF10O2/c1-2-3-4-5-6-7-8-19-9-11-20(12-10-19)21-14-25(36)30(26(37)15-21)22-13-24(35)31(27(38)16-22)46-33(41,42)23-17-28(39)32(29(40)18-23)47-34(43,44)45/h5-6,9-18H,2-4,7-8H2,1H3. The minimum Gasteiger partial charge on any atom is -0.424 e. The van der Waals surface area contributed by atoms with E-state index in [-0.39, 0.29) is 17.7 Å². The average Bonchev–Trinajstić information content (AvgIpc) is 2.98. The molecule has 2 nitrogen and oxygen atoms in total. The molecule has 0 heterocycles. The van der Waals surface area contributed by atoms with Crippen LogP contribution in [0.15, 0.2) is 72.8 Å². The first kappa shape index (κ1) is 35.7. The summed E-state index contributed by atoms with van der Waals surface area (Å²) < 4.78 is 147. The lowest BCUT2D eigenvalue weighted by Gasteiger charge is -2.21. The Morgan fingerprint density at radius 2 is 1.19 bits per heavy atom. The van der Waals surface area contributed by atoms with Gasteiger partial charge in [-0.1, -0.05) is 67.8 Å². The van der Waals surface area contributed by atoms with E-state index >= 15 is 8.78 Å². The Labute approximate surface area is 268 Å². The van der Waals surface area contributed by atoms with Gasteiger partial charge in [0.2, 0.25) is 5.75 Å². The summed E-state index contributed by atoms with van der Waals surface area (Å²) in [5, 5.41) is -0.906. The van der Waals surface area contributed by atoms with Gasteiger partial charge in [0.25, 0.3) is 0 Å². The van der Waals surface area contributed by atoms with E-state index in [0.29, 0.717) is 11.6 Å². The maximum absolute atomic E-state index is 15.2. The van der Waals surface area contributed by atoms with Gasteiger partial charge in [-0.2, -0.15) is 8.78 Å². The van der Waals surface area contributed by atoms with E-state index in [0.717, 1.165) is 55.9 Å². The third-order valence-corrected chi connectivity index (χ3v) is 7.17. The van der Waals surface area contributed by atoms with Crippen molar-refractivity contribution in [3.8, 4) is 33.8 Å². The molecule has 13 heteroatoms. The summed E-state index contributed by atoms with van der Waals surface area (Å²) in [5.74, 6) is -11.6. The molecule has 0 saturated heterocycles. The van der Waals surface area contributed by atoms with Crippen molar-refractivity contribution < 1.29 is 53.4 Å². The number of alkyl halides is 5. The predicted octanol–water partition coefficient (Wildman–Crippen LogP) is 12.1. The molecule has 0 saturated carbocycles. The largest absolute Gasteiger partial charge is 0.573 e. The number of ether oxygens (including phenoxy) is 2. The number of allylic oxidation sites excluding steroid dienone is 2. The van der Waals surface area contributed by atoms with Crippen molar-refractivity contribution in [3.63, 3.8) is 0 Å². The quantitative estimate of drug-likeness (QED) is 0.0837. The molecule has 4 aromatic carbocycles. The third-order valence-electron chi connectivity index (χ3n) is 6.89. The maximum Gasteiger partial charge on any atom is 0.573 e. The van der Waals surface area contributed by atoms with Crippen LogP contribution in [0.2, 0.25) is 5.02 Å². The zero-order chi connectivity index (χ0) is 34.5. The Balaban J connectivity index is 1.54. The summed E-state index contributed by atoms with van der Waals surface area (Å²) >= 11 is 5.91. The number of rotatable bonds is 12. The van der Waals surface area contributed by atoms with Crippen molar-refractivity contribution in [1.29, 1.82) is 0 Å². The highest BCUT2D eigenvalue weighted by atomic mass is 35.5. The molecule has 0 aliphatic rings. The molecule has 0 atom stereocenters. The minimum atomic E-state index is -5.53. The van der Waals surface area contributed by atoms with Gasteiger partial charge in [-0.15, -0.1) is 13.2 Å². The summed E-state index contributed by atoms with van der Waals surface area (Å²) in [6.07, 6.45) is -1.17. The van der Waals surface area contributed by atoms with E-state index in [9.17, 15) is 35.1 Å². The fourth-order valence-electron chi connectivity index (χ4n) is 4.62. The van der Waals surface area contributed by atoms with Gasteiger partial charge in [-0.3, -0.25) is 0 Å². The molecule has 0 aliphatic heterocycles. The zero-order valence-electron chi connectivity index (χ0n) is 24.4. The molecular weight excluding hydrogens is 666 g/mol. The van der Waals surface area contributed by atoms with Crippen LogP contribution in [0.3, 0.4) is 0 Å². The molecule has 0 aromatic heterocycles. The number of benzene rings is 4. The number of hydrogen-bond acceptors (Lipinski definition) is 2. The second-order valence-electron chi connectivity index (χ2n) is 10.4. The average molecular weight is 691 g/mol. The molecule has 4 aromatic rings.